The fourth-order valence-electron chi connectivity index (χ4n) is 2.55. The zero-order chi connectivity index (χ0) is 17.0. The van der Waals surface area contributed by atoms with Crippen LogP contribution in [0, 0.1) is 0 Å². The van der Waals surface area contributed by atoms with Crippen molar-refractivity contribution in [1.29, 1.82) is 0 Å². The first kappa shape index (κ1) is 18.0. The van der Waals surface area contributed by atoms with Crippen LogP contribution in [0.5, 0.6) is 0 Å². The van der Waals surface area contributed by atoms with Gasteiger partial charge in [-0.05, 0) is 17.7 Å². The van der Waals surface area contributed by atoms with E-state index in [0.717, 1.165) is 5.56 Å². The molecule has 0 radical (unpaired) electrons. The van der Waals surface area contributed by atoms with Gasteiger partial charge in [-0.15, -0.1) is 0 Å². The molecule has 1 N–H and O–H groups in total. The number of benzene rings is 1. The number of methoxy groups -OCH3 is 1. The van der Waals surface area contributed by atoms with E-state index < -0.39 is 18.6 Å². The van der Waals surface area contributed by atoms with Gasteiger partial charge in [0.05, 0.1) is 24.1 Å². The van der Waals surface area contributed by atoms with Crippen LogP contribution in [-0.2, 0) is 4.74 Å². The van der Waals surface area contributed by atoms with Crippen LogP contribution in [0.3, 0.4) is 0 Å². The van der Waals surface area contributed by atoms with E-state index in [-0.39, 0.29) is 23.2 Å². The summed E-state index contributed by atoms with van der Waals surface area (Å²) in [6, 6.07) is 4.84. The van der Waals surface area contributed by atoms with Crippen molar-refractivity contribution in [1.82, 2.24) is 10.2 Å². The van der Waals surface area contributed by atoms with Gasteiger partial charge in [-0.2, -0.15) is 13.2 Å². The Bertz CT molecular complexity index is 566. The molecular formula is C15H18ClF3N2O2. The van der Waals surface area contributed by atoms with Gasteiger partial charge in [0, 0.05) is 32.2 Å². The molecule has 0 amide bonds. The lowest BCUT2D eigenvalue weighted by Crippen LogP contribution is -2.46. The number of carbonyl (C=O) groups is 1. The van der Waals surface area contributed by atoms with Gasteiger partial charge in [-0.25, -0.2) is 4.79 Å². The Morgan fingerprint density at radius 3 is 2.83 bits per heavy atom. The Morgan fingerprint density at radius 2 is 2.22 bits per heavy atom. The second-order valence-corrected chi connectivity index (χ2v) is 5.81. The van der Waals surface area contributed by atoms with Crippen LogP contribution in [0.15, 0.2) is 18.2 Å². The number of carbonyl (C=O) groups excluding carboxylic acids is 1. The second kappa shape index (κ2) is 7.51. The van der Waals surface area contributed by atoms with E-state index in [1.807, 2.05) is 0 Å². The number of nitrogens with one attached hydrogen (secondary N) is 1. The van der Waals surface area contributed by atoms with Crippen molar-refractivity contribution in [3.63, 3.8) is 0 Å². The maximum atomic E-state index is 12.3. The maximum absolute atomic E-state index is 12.3. The second-order valence-electron chi connectivity index (χ2n) is 5.40. The number of nitrogens with zero attached hydrogens (tertiary/aromatic N) is 1. The summed E-state index contributed by atoms with van der Waals surface area (Å²) < 4.78 is 41.6. The van der Waals surface area contributed by atoms with Gasteiger partial charge >= 0.3 is 12.1 Å². The topological polar surface area (TPSA) is 41.6 Å². The van der Waals surface area contributed by atoms with Crippen molar-refractivity contribution in [2.24, 2.45) is 0 Å². The third-order valence-corrected chi connectivity index (χ3v) is 4.08. The number of rotatable bonds is 4. The van der Waals surface area contributed by atoms with E-state index in [1.165, 1.54) is 7.11 Å². The number of alkyl halides is 3. The lowest BCUT2D eigenvalue weighted by atomic mass is 10.0. The van der Waals surface area contributed by atoms with Crippen LogP contribution in [0.2, 0.25) is 5.02 Å². The molecule has 0 saturated carbocycles. The summed E-state index contributed by atoms with van der Waals surface area (Å²) in [5, 5.41) is 3.52. The Morgan fingerprint density at radius 1 is 1.48 bits per heavy atom. The molecule has 2 rings (SSSR count). The predicted molar refractivity (Wildman–Crippen MR) is 80.6 cm³/mol. The van der Waals surface area contributed by atoms with Crippen LogP contribution in [0.4, 0.5) is 13.2 Å². The number of piperazine rings is 1. The minimum absolute atomic E-state index is 0.0182. The van der Waals surface area contributed by atoms with Crippen molar-refractivity contribution in [3.05, 3.63) is 34.3 Å². The first-order valence-corrected chi connectivity index (χ1v) is 7.58. The summed E-state index contributed by atoms with van der Waals surface area (Å²) in [4.78, 5) is 13.3. The predicted octanol–water partition coefficient (Wildman–Crippen LogP) is 3.03. The highest BCUT2D eigenvalue weighted by molar-refractivity contribution is 6.33. The summed E-state index contributed by atoms with van der Waals surface area (Å²) in [5.41, 5.74) is 1.10. The minimum atomic E-state index is -4.15. The molecule has 0 bridgehead atoms. The molecule has 0 spiro atoms. The normalized spacial score (nSPS) is 19.6. The fraction of sp³-hybridized carbons (Fsp3) is 0.533. The van der Waals surface area contributed by atoms with Crippen LogP contribution >= 0.6 is 11.6 Å². The molecule has 128 valence electrons. The Kier molecular flexibility index (Phi) is 5.89. The highest BCUT2D eigenvalue weighted by atomic mass is 35.5. The van der Waals surface area contributed by atoms with E-state index in [0.29, 0.717) is 19.6 Å². The number of ether oxygens (including phenoxy) is 1. The SMILES string of the molecule is COC(=O)c1ccc(C2CN(CCC(F)(F)F)CCN2)cc1Cl. The van der Waals surface area contributed by atoms with Crippen LogP contribution in [0.1, 0.15) is 28.4 Å². The lowest BCUT2D eigenvalue weighted by molar-refractivity contribution is -0.138. The quantitative estimate of drug-likeness (QED) is 0.848. The molecule has 8 heteroatoms. The molecule has 1 atom stereocenters. The number of halogens is 4. The summed E-state index contributed by atoms with van der Waals surface area (Å²) in [5.74, 6) is -0.523. The minimum Gasteiger partial charge on any atom is -0.465 e. The molecule has 0 aliphatic carbocycles. The largest absolute Gasteiger partial charge is 0.465 e. The fourth-order valence-corrected chi connectivity index (χ4v) is 2.81. The van der Waals surface area contributed by atoms with Crippen LogP contribution < -0.4 is 5.32 Å². The van der Waals surface area contributed by atoms with Crippen LogP contribution in [-0.4, -0.2) is 50.3 Å². The first-order valence-electron chi connectivity index (χ1n) is 7.20. The first-order chi connectivity index (χ1) is 10.8. The summed E-state index contributed by atoms with van der Waals surface area (Å²) >= 11 is 6.09. The molecule has 0 aromatic heterocycles. The van der Waals surface area contributed by atoms with Gasteiger partial charge in [0.1, 0.15) is 0 Å². The molecule has 1 unspecified atom stereocenters. The van der Waals surface area contributed by atoms with E-state index in [2.05, 4.69) is 10.1 Å². The van der Waals surface area contributed by atoms with E-state index in [1.54, 1.807) is 23.1 Å². The average molecular weight is 351 g/mol. The Labute approximate surface area is 137 Å². The van der Waals surface area contributed by atoms with Crippen molar-refractivity contribution in [3.8, 4) is 0 Å². The molecule has 1 aromatic rings. The average Bonchev–Trinajstić information content (AvgIpc) is 2.52. The van der Waals surface area contributed by atoms with Crippen molar-refractivity contribution < 1.29 is 22.7 Å². The van der Waals surface area contributed by atoms with Crippen molar-refractivity contribution >= 4 is 17.6 Å². The summed E-state index contributed by atoms with van der Waals surface area (Å²) in [6.07, 6.45) is -4.96. The molecule has 1 aliphatic rings. The molecule has 1 aliphatic heterocycles. The van der Waals surface area contributed by atoms with Gasteiger partial charge in [-0.3, -0.25) is 4.90 Å². The Balaban J connectivity index is 2.03. The molecule has 1 fully saturated rings. The molecular weight excluding hydrogens is 333 g/mol. The van der Waals surface area contributed by atoms with Crippen molar-refractivity contribution in [2.45, 2.75) is 18.6 Å². The van der Waals surface area contributed by atoms with Crippen LogP contribution in [0.25, 0.3) is 0 Å². The summed E-state index contributed by atoms with van der Waals surface area (Å²) in [6.45, 7) is 1.61. The molecule has 4 nitrogen and oxygen atoms in total. The summed E-state index contributed by atoms with van der Waals surface area (Å²) in [7, 11) is 1.27. The number of esters is 1. The highest BCUT2D eigenvalue weighted by Crippen LogP contribution is 2.26. The van der Waals surface area contributed by atoms with Gasteiger partial charge in [0.25, 0.3) is 0 Å². The Hall–Kier alpha value is -1.31. The van der Waals surface area contributed by atoms with E-state index >= 15 is 0 Å². The van der Waals surface area contributed by atoms with E-state index in [9.17, 15) is 18.0 Å². The molecule has 23 heavy (non-hydrogen) atoms. The van der Waals surface area contributed by atoms with Gasteiger partial charge < -0.3 is 10.1 Å². The van der Waals surface area contributed by atoms with Gasteiger partial charge in [0.2, 0.25) is 0 Å². The third-order valence-electron chi connectivity index (χ3n) is 3.77. The molecule has 1 aromatic carbocycles. The third kappa shape index (κ3) is 5.09. The molecule has 1 saturated heterocycles. The van der Waals surface area contributed by atoms with Crippen molar-refractivity contribution in [2.75, 3.05) is 33.3 Å². The number of hydrogen-bond donors (Lipinski definition) is 1. The van der Waals surface area contributed by atoms with Gasteiger partial charge in [-0.1, -0.05) is 17.7 Å². The standard InChI is InChI=1S/C15H18ClF3N2O2/c1-23-14(22)11-3-2-10(8-12(11)16)13-9-21(7-5-20-13)6-4-15(17,18)19/h2-3,8,13,20H,4-7,9H2,1H3. The molecule has 1 heterocycles. The van der Waals surface area contributed by atoms with E-state index in [4.69, 9.17) is 11.6 Å². The maximum Gasteiger partial charge on any atom is 0.390 e. The zero-order valence-electron chi connectivity index (χ0n) is 12.6. The number of hydrogen-bond acceptors (Lipinski definition) is 4. The monoisotopic (exact) mass is 350 g/mol. The highest BCUT2D eigenvalue weighted by Gasteiger charge is 2.29. The zero-order valence-corrected chi connectivity index (χ0v) is 13.4. The smallest absolute Gasteiger partial charge is 0.390 e. The lowest BCUT2D eigenvalue weighted by Gasteiger charge is -2.34. The van der Waals surface area contributed by atoms with Gasteiger partial charge in [0.15, 0.2) is 0 Å².